The molecular formula is C29H57N2+. The molecule has 0 atom stereocenters. The van der Waals surface area contributed by atoms with E-state index in [1.165, 1.54) is 154 Å². The molecule has 0 saturated carbocycles. The van der Waals surface area contributed by atoms with Crippen LogP contribution in [0.15, 0.2) is 12.4 Å². The maximum Gasteiger partial charge on any atom is 0.253 e. The number of unbranched alkanes of at least 4 members (excludes halogenated alkanes) is 19. The molecule has 0 aliphatic heterocycles. The zero-order valence-electron chi connectivity index (χ0n) is 21.8. The molecule has 0 amide bonds. The van der Waals surface area contributed by atoms with Crippen LogP contribution >= 0.6 is 0 Å². The van der Waals surface area contributed by atoms with Crippen molar-refractivity contribution in [1.29, 1.82) is 0 Å². The summed E-state index contributed by atoms with van der Waals surface area (Å²) < 4.78 is 4.92. The topological polar surface area (TPSA) is 8.81 Å². The number of hydrogen-bond donors (Lipinski definition) is 0. The highest BCUT2D eigenvalue weighted by Gasteiger charge is 2.11. The highest BCUT2D eigenvalue weighted by Crippen LogP contribution is 2.14. The van der Waals surface area contributed by atoms with Gasteiger partial charge in [0.25, 0.3) is 5.82 Å². The van der Waals surface area contributed by atoms with E-state index in [9.17, 15) is 0 Å². The van der Waals surface area contributed by atoms with Gasteiger partial charge < -0.3 is 0 Å². The molecule has 0 aliphatic rings. The lowest BCUT2D eigenvalue weighted by Gasteiger charge is -2.04. The Kier molecular flexibility index (Phi) is 19.2. The van der Waals surface area contributed by atoms with Crippen molar-refractivity contribution in [3.05, 3.63) is 18.2 Å². The molecule has 1 aromatic rings. The van der Waals surface area contributed by atoms with Gasteiger partial charge in [0.1, 0.15) is 12.4 Å². The average molecular weight is 434 g/mol. The first-order valence-electron chi connectivity index (χ1n) is 14.3. The van der Waals surface area contributed by atoms with Crippen molar-refractivity contribution in [3.63, 3.8) is 0 Å². The molecule has 0 bridgehead atoms. The molecule has 0 aromatic carbocycles. The van der Waals surface area contributed by atoms with Gasteiger partial charge in [0.2, 0.25) is 0 Å². The van der Waals surface area contributed by atoms with Gasteiger partial charge in [-0.05, 0) is 25.7 Å². The Bertz CT molecular complexity index is 491. The summed E-state index contributed by atoms with van der Waals surface area (Å²) in [6.45, 7) is 9.28. The molecule has 182 valence electrons. The molecule has 0 radical (unpaired) electrons. The maximum absolute atomic E-state index is 2.47. The first-order valence-corrected chi connectivity index (χ1v) is 14.3. The van der Waals surface area contributed by atoms with Gasteiger partial charge in [0.15, 0.2) is 0 Å². The molecule has 2 nitrogen and oxygen atoms in total. The summed E-state index contributed by atoms with van der Waals surface area (Å²) in [5.41, 5.74) is 0. The highest BCUT2D eigenvalue weighted by molar-refractivity contribution is 4.79. The lowest BCUT2D eigenvalue weighted by atomic mass is 10.0. The molecule has 1 heterocycles. The smallest absolute Gasteiger partial charge is 0.234 e. The number of rotatable bonds is 23. The van der Waals surface area contributed by atoms with E-state index in [-0.39, 0.29) is 0 Å². The van der Waals surface area contributed by atoms with Crippen LogP contribution in [-0.2, 0) is 13.1 Å². The molecule has 0 saturated heterocycles. The minimum absolute atomic E-state index is 1.20. The van der Waals surface area contributed by atoms with E-state index in [1.54, 1.807) is 0 Å². The Hall–Kier alpha value is -0.790. The Labute approximate surface area is 196 Å². The van der Waals surface area contributed by atoms with E-state index in [2.05, 4.69) is 42.3 Å². The van der Waals surface area contributed by atoms with Gasteiger partial charge in [-0.15, -0.1) is 0 Å². The van der Waals surface area contributed by atoms with E-state index in [1.807, 2.05) is 0 Å². The van der Waals surface area contributed by atoms with Crippen LogP contribution in [0, 0.1) is 6.92 Å². The van der Waals surface area contributed by atoms with Crippen molar-refractivity contribution in [3.8, 4) is 0 Å². The van der Waals surface area contributed by atoms with Gasteiger partial charge in [-0.3, -0.25) is 0 Å². The number of aryl methyl sites for hydroxylation is 2. The fraction of sp³-hybridized carbons (Fsp3) is 0.897. The number of imidazole rings is 1. The molecule has 0 N–H and O–H groups in total. The Morgan fingerprint density at radius 3 is 1.39 bits per heavy atom. The second-order valence-electron chi connectivity index (χ2n) is 9.95. The molecule has 1 rings (SSSR count). The van der Waals surface area contributed by atoms with E-state index in [0.717, 1.165) is 0 Å². The van der Waals surface area contributed by atoms with Crippen LogP contribution in [0.5, 0.6) is 0 Å². The summed E-state index contributed by atoms with van der Waals surface area (Å²) in [7, 11) is 0. The largest absolute Gasteiger partial charge is 0.253 e. The SMILES string of the molecule is CCCCCCCCCCCCCCCCCC[n+]1ccn(CCCCCCC)c1C. The lowest BCUT2D eigenvalue weighted by Crippen LogP contribution is -2.35. The number of aromatic nitrogens is 2. The van der Waals surface area contributed by atoms with Crippen molar-refractivity contribution < 1.29 is 4.57 Å². The van der Waals surface area contributed by atoms with Crippen LogP contribution in [0.25, 0.3) is 0 Å². The zero-order chi connectivity index (χ0) is 22.4. The fourth-order valence-corrected chi connectivity index (χ4v) is 4.73. The van der Waals surface area contributed by atoms with Crippen LogP contribution in [0.3, 0.4) is 0 Å². The minimum atomic E-state index is 1.20. The summed E-state index contributed by atoms with van der Waals surface area (Å²) in [5.74, 6) is 1.44. The molecule has 1 aromatic heterocycles. The Morgan fingerprint density at radius 2 is 0.935 bits per heavy atom. The third-order valence-corrected chi connectivity index (χ3v) is 7.01. The van der Waals surface area contributed by atoms with Gasteiger partial charge in [-0.1, -0.05) is 123 Å². The van der Waals surface area contributed by atoms with Gasteiger partial charge in [-0.25, -0.2) is 9.13 Å². The van der Waals surface area contributed by atoms with Crippen molar-refractivity contribution in [1.82, 2.24) is 4.57 Å². The third kappa shape index (κ3) is 15.6. The van der Waals surface area contributed by atoms with Gasteiger partial charge >= 0.3 is 0 Å². The molecule has 0 unspecified atom stereocenters. The second kappa shape index (κ2) is 21.1. The number of hydrogen-bond acceptors (Lipinski definition) is 0. The van der Waals surface area contributed by atoms with Crippen LogP contribution in [0.2, 0.25) is 0 Å². The van der Waals surface area contributed by atoms with Crippen LogP contribution in [0.4, 0.5) is 0 Å². The highest BCUT2D eigenvalue weighted by atomic mass is 15.1. The summed E-state index contributed by atoms with van der Waals surface area (Å²) in [6.07, 6.45) is 34.5. The lowest BCUT2D eigenvalue weighted by molar-refractivity contribution is -0.702. The zero-order valence-corrected chi connectivity index (χ0v) is 21.8. The minimum Gasteiger partial charge on any atom is -0.234 e. The maximum atomic E-state index is 2.47. The summed E-state index contributed by atoms with van der Waals surface area (Å²) in [5, 5.41) is 0. The third-order valence-electron chi connectivity index (χ3n) is 7.01. The quantitative estimate of drug-likeness (QED) is 0.120. The van der Waals surface area contributed by atoms with Gasteiger partial charge in [-0.2, -0.15) is 0 Å². The van der Waals surface area contributed by atoms with Gasteiger partial charge in [0, 0.05) is 6.92 Å². The first kappa shape index (κ1) is 28.2. The van der Waals surface area contributed by atoms with E-state index in [0.29, 0.717) is 0 Å². The molecular weight excluding hydrogens is 376 g/mol. The van der Waals surface area contributed by atoms with E-state index >= 15 is 0 Å². The predicted octanol–water partition coefficient (Wildman–Crippen LogP) is 9.32. The Morgan fingerprint density at radius 1 is 0.548 bits per heavy atom. The fourth-order valence-electron chi connectivity index (χ4n) is 4.73. The predicted molar refractivity (Wildman–Crippen MR) is 138 cm³/mol. The van der Waals surface area contributed by atoms with Crippen LogP contribution < -0.4 is 4.57 Å². The average Bonchev–Trinajstić information content (AvgIpc) is 3.12. The van der Waals surface area contributed by atoms with Crippen molar-refractivity contribution >= 4 is 0 Å². The van der Waals surface area contributed by atoms with E-state index < -0.39 is 0 Å². The van der Waals surface area contributed by atoms with Crippen LogP contribution in [-0.4, -0.2) is 4.57 Å². The molecule has 0 aliphatic carbocycles. The summed E-state index contributed by atoms with van der Waals surface area (Å²) >= 11 is 0. The van der Waals surface area contributed by atoms with Crippen molar-refractivity contribution in [2.24, 2.45) is 0 Å². The number of nitrogens with zero attached hydrogens (tertiary/aromatic N) is 2. The van der Waals surface area contributed by atoms with E-state index in [4.69, 9.17) is 0 Å². The van der Waals surface area contributed by atoms with Gasteiger partial charge in [0.05, 0.1) is 13.1 Å². The normalized spacial score (nSPS) is 11.5. The first-order chi connectivity index (χ1) is 15.3. The molecule has 2 heteroatoms. The van der Waals surface area contributed by atoms with Crippen molar-refractivity contribution in [2.45, 2.75) is 169 Å². The Balaban J connectivity index is 1.88. The van der Waals surface area contributed by atoms with Crippen LogP contribution in [0.1, 0.15) is 155 Å². The standard InChI is InChI=1S/C29H57N2/c1-4-6-8-10-11-12-13-14-15-16-17-18-19-20-22-24-26-31-28-27-30(29(31)3)25-23-21-9-7-5-2/h27-28H,4-26H2,1-3H3/q+1. The monoisotopic (exact) mass is 433 g/mol. The molecule has 31 heavy (non-hydrogen) atoms. The van der Waals surface area contributed by atoms with Crippen molar-refractivity contribution in [2.75, 3.05) is 0 Å². The summed E-state index contributed by atoms with van der Waals surface area (Å²) in [6, 6.07) is 0. The summed E-state index contributed by atoms with van der Waals surface area (Å²) in [4.78, 5) is 0. The molecule has 0 spiro atoms. The second-order valence-corrected chi connectivity index (χ2v) is 9.95. The molecule has 0 fully saturated rings.